The lowest BCUT2D eigenvalue weighted by atomic mass is 10.2. The van der Waals surface area contributed by atoms with Crippen LogP contribution in [0.2, 0.25) is 0 Å². The number of nitrogens with one attached hydrogen (secondary N) is 2. The molecular formula is C13H13N3O4S. The van der Waals surface area contributed by atoms with Crippen LogP contribution in [0.5, 0.6) is 0 Å². The fourth-order valence-corrected chi connectivity index (χ4v) is 2.60. The maximum Gasteiger partial charge on any atom is 0.335 e. The fourth-order valence-electron chi connectivity index (χ4n) is 1.70. The van der Waals surface area contributed by atoms with Crippen LogP contribution in [-0.2, 0) is 9.59 Å². The number of hydrogen-bond acceptors (Lipinski definition) is 5. The van der Waals surface area contributed by atoms with Crippen molar-refractivity contribution in [2.24, 2.45) is 0 Å². The van der Waals surface area contributed by atoms with Crippen molar-refractivity contribution in [3.63, 3.8) is 0 Å². The van der Waals surface area contributed by atoms with Crippen molar-refractivity contribution < 1.29 is 19.5 Å². The molecule has 21 heavy (non-hydrogen) atoms. The number of carboxylic acid groups (broad SMARTS) is 1. The molecule has 1 atom stereocenters. The second-order valence-corrected chi connectivity index (χ2v) is 5.45. The molecule has 8 heteroatoms. The summed E-state index contributed by atoms with van der Waals surface area (Å²) in [5, 5.41) is 14.3. The van der Waals surface area contributed by atoms with E-state index in [9.17, 15) is 14.4 Å². The summed E-state index contributed by atoms with van der Waals surface area (Å²) in [7, 11) is 0. The number of anilines is 1. The summed E-state index contributed by atoms with van der Waals surface area (Å²) < 4.78 is 0.664. The Hall–Kier alpha value is -2.48. The van der Waals surface area contributed by atoms with Crippen LogP contribution in [-0.4, -0.2) is 33.9 Å². The highest BCUT2D eigenvalue weighted by atomic mass is 32.1. The largest absolute Gasteiger partial charge is 0.478 e. The van der Waals surface area contributed by atoms with E-state index in [1.54, 1.807) is 13.0 Å². The SMILES string of the molecule is CC(=O)NC(C)C(=O)Nc1nc2ccc(C(=O)O)cc2s1. The highest BCUT2D eigenvalue weighted by Gasteiger charge is 2.16. The molecule has 0 aliphatic rings. The normalized spacial score (nSPS) is 11.9. The molecule has 0 bridgehead atoms. The molecule has 7 nitrogen and oxygen atoms in total. The van der Waals surface area contributed by atoms with Gasteiger partial charge in [-0.3, -0.25) is 9.59 Å². The number of hydrogen-bond donors (Lipinski definition) is 3. The average molecular weight is 307 g/mol. The van der Waals surface area contributed by atoms with Gasteiger partial charge in [0.1, 0.15) is 6.04 Å². The number of fused-ring (bicyclic) bond motifs is 1. The van der Waals surface area contributed by atoms with Gasteiger partial charge in [-0.1, -0.05) is 11.3 Å². The number of carbonyl (C=O) groups excluding carboxylic acids is 2. The Labute approximate surface area is 124 Å². The fraction of sp³-hybridized carbons (Fsp3) is 0.231. The van der Waals surface area contributed by atoms with Crippen LogP contribution in [0.4, 0.5) is 5.13 Å². The van der Waals surface area contributed by atoms with Gasteiger partial charge in [-0.25, -0.2) is 9.78 Å². The van der Waals surface area contributed by atoms with Gasteiger partial charge < -0.3 is 15.7 Å². The van der Waals surface area contributed by atoms with Crippen LogP contribution in [0, 0.1) is 0 Å². The van der Waals surface area contributed by atoms with Gasteiger partial charge >= 0.3 is 5.97 Å². The number of benzene rings is 1. The van der Waals surface area contributed by atoms with E-state index in [2.05, 4.69) is 15.6 Å². The highest BCUT2D eigenvalue weighted by molar-refractivity contribution is 7.22. The molecule has 1 heterocycles. The molecule has 0 spiro atoms. The minimum absolute atomic E-state index is 0.163. The zero-order valence-corrected chi connectivity index (χ0v) is 12.2. The summed E-state index contributed by atoms with van der Waals surface area (Å²) >= 11 is 1.17. The molecule has 2 rings (SSSR count). The molecule has 1 aromatic heterocycles. The zero-order chi connectivity index (χ0) is 15.6. The first-order valence-corrected chi connectivity index (χ1v) is 6.90. The predicted molar refractivity (Wildman–Crippen MR) is 78.5 cm³/mol. The third kappa shape index (κ3) is 3.54. The molecule has 0 radical (unpaired) electrons. The average Bonchev–Trinajstić information content (AvgIpc) is 2.78. The van der Waals surface area contributed by atoms with E-state index in [0.717, 1.165) is 0 Å². The summed E-state index contributed by atoms with van der Waals surface area (Å²) in [5.74, 6) is -1.70. The van der Waals surface area contributed by atoms with Gasteiger partial charge in [0.2, 0.25) is 11.8 Å². The lowest BCUT2D eigenvalue weighted by Gasteiger charge is -2.10. The third-order valence-electron chi connectivity index (χ3n) is 2.68. The molecule has 1 unspecified atom stereocenters. The van der Waals surface area contributed by atoms with E-state index in [-0.39, 0.29) is 17.4 Å². The van der Waals surface area contributed by atoms with Crippen LogP contribution in [0.1, 0.15) is 24.2 Å². The van der Waals surface area contributed by atoms with Gasteiger partial charge in [0, 0.05) is 6.92 Å². The molecule has 0 saturated carbocycles. The van der Waals surface area contributed by atoms with Crippen LogP contribution < -0.4 is 10.6 Å². The van der Waals surface area contributed by atoms with Crippen molar-refractivity contribution in [1.82, 2.24) is 10.3 Å². The van der Waals surface area contributed by atoms with Gasteiger partial charge in [0.15, 0.2) is 5.13 Å². The molecule has 0 fully saturated rings. The molecule has 0 aliphatic carbocycles. The molecule has 3 N–H and O–H groups in total. The topological polar surface area (TPSA) is 108 Å². The van der Waals surface area contributed by atoms with E-state index >= 15 is 0 Å². The Morgan fingerprint density at radius 1 is 1.33 bits per heavy atom. The van der Waals surface area contributed by atoms with Crippen LogP contribution in [0.25, 0.3) is 10.2 Å². The monoisotopic (exact) mass is 307 g/mol. The maximum atomic E-state index is 11.8. The first kappa shape index (κ1) is 14.9. The van der Waals surface area contributed by atoms with E-state index in [0.29, 0.717) is 15.3 Å². The standard InChI is InChI=1S/C13H13N3O4S/c1-6(14-7(2)17)11(18)16-13-15-9-4-3-8(12(19)20)5-10(9)21-13/h3-6H,1-2H3,(H,14,17)(H,19,20)(H,15,16,18). The Bertz CT molecular complexity index is 725. The third-order valence-corrected chi connectivity index (χ3v) is 3.61. The first-order chi connectivity index (χ1) is 9.86. The number of rotatable bonds is 4. The molecular weight excluding hydrogens is 294 g/mol. The molecule has 110 valence electrons. The Morgan fingerprint density at radius 2 is 2.05 bits per heavy atom. The minimum atomic E-state index is -1.02. The van der Waals surface area contributed by atoms with Crippen LogP contribution >= 0.6 is 11.3 Å². The number of nitrogens with zero attached hydrogens (tertiary/aromatic N) is 1. The van der Waals surface area contributed by atoms with Gasteiger partial charge in [-0.2, -0.15) is 0 Å². The zero-order valence-electron chi connectivity index (χ0n) is 11.3. The first-order valence-electron chi connectivity index (χ1n) is 6.08. The van der Waals surface area contributed by atoms with Crippen molar-refractivity contribution in [1.29, 1.82) is 0 Å². The number of aromatic carboxylic acids is 1. The van der Waals surface area contributed by atoms with Gasteiger partial charge in [-0.15, -0.1) is 0 Å². The Balaban J connectivity index is 2.17. The van der Waals surface area contributed by atoms with Crippen molar-refractivity contribution in [3.05, 3.63) is 23.8 Å². The lowest BCUT2D eigenvalue weighted by molar-refractivity contribution is -0.124. The van der Waals surface area contributed by atoms with E-state index < -0.39 is 12.0 Å². The number of aromatic nitrogens is 1. The second-order valence-electron chi connectivity index (χ2n) is 4.42. The maximum absolute atomic E-state index is 11.8. The van der Waals surface area contributed by atoms with Gasteiger partial charge in [0.05, 0.1) is 15.8 Å². The van der Waals surface area contributed by atoms with Crippen molar-refractivity contribution >= 4 is 44.5 Å². The van der Waals surface area contributed by atoms with E-state index in [1.807, 2.05) is 0 Å². The smallest absolute Gasteiger partial charge is 0.335 e. The van der Waals surface area contributed by atoms with Crippen LogP contribution in [0.15, 0.2) is 18.2 Å². The second kappa shape index (κ2) is 5.88. The minimum Gasteiger partial charge on any atom is -0.478 e. The summed E-state index contributed by atoms with van der Waals surface area (Å²) in [5.41, 5.74) is 0.767. The molecule has 0 aliphatic heterocycles. The summed E-state index contributed by atoms with van der Waals surface area (Å²) in [6.07, 6.45) is 0. The molecule has 2 amide bonds. The van der Waals surface area contributed by atoms with Crippen molar-refractivity contribution in [2.45, 2.75) is 19.9 Å². The number of carboxylic acids is 1. The van der Waals surface area contributed by atoms with Gasteiger partial charge in [0.25, 0.3) is 0 Å². The summed E-state index contributed by atoms with van der Waals surface area (Å²) in [6.45, 7) is 2.89. The Kier molecular flexibility index (Phi) is 4.18. The Morgan fingerprint density at radius 3 is 2.67 bits per heavy atom. The molecule has 1 aromatic carbocycles. The van der Waals surface area contributed by atoms with E-state index in [4.69, 9.17) is 5.11 Å². The quantitative estimate of drug-likeness (QED) is 0.792. The molecule has 2 aromatic rings. The highest BCUT2D eigenvalue weighted by Crippen LogP contribution is 2.26. The number of carbonyl (C=O) groups is 3. The van der Waals surface area contributed by atoms with Crippen molar-refractivity contribution in [3.8, 4) is 0 Å². The predicted octanol–water partition coefficient (Wildman–Crippen LogP) is 1.46. The summed E-state index contributed by atoms with van der Waals surface area (Å²) in [4.78, 5) is 37.8. The number of amides is 2. The van der Waals surface area contributed by atoms with Crippen molar-refractivity contribution in [2.75, 3.05) is 5.32 Å². The number of thiazole rings is 1. The van der Waals surface area contributed by atoms with Gasteiger partial charge in [-0.05, 0) is 25.1 Å². The summed E-state index contributed by atoms with van der Waals surface area (Å²) in [6, 6.07) is 3.87. The molecule has 0 saturated heterocycles. The lowest BCUT2D eigenvalue weighted by Crippen LogP contribution is -2.40. The van der Waals surface area contributed by atoms with Crippen LogP contribution in [0.3, 0.4) is 0 Å². The van der Waals surface area contributed by atoms with E-state index in [1.165, 1.54) is 30.4 Å².